The number of amides is 1. The van der Waals surface area contributed by atoms with Crippen molar-refractivity contribution in [2.24, 2.45) is 11.7 Å². The predicted octanol–water partition coefficient (Wildman–Crippen LogP) is 2.10. The quantitative estimate of drug-likeness (QED) is 0.876. The number of benzene rings is 1. The van der Waals surface area contributed by atoms with Gasteiger partial charge in [0, 0.05) is 25.7 Å². The Kier molecular flexibility index (Phi) is 5.59. The zero-order valence-corrected chi connectivity index (χ0v) is 14.0. The predicted molar refractivity (Wildman–Crippen MR) is 90.4 cm³/mol. The third kappa shape index (κ3) is 4.31. The summed E-state index contributed by atoms with van der Waals surface area (Å²) in [6, 6.07) is 9.82. The van der Waals surface area contributed by atoms with Gasteiger partial charge in [-0.2, -0.15) is 0 Å². The zero-order valence-electron chi connectivity index (χ0n) is 14.0. The van der Waals surface area contributed by atoms with E-state index in [2.05, 4.69) is 24.1 Å². The van der Waals surface area contributed by atoms with E-state index in [9.17, 15) is 4.79 Å². The van der Waals surface area contributed by atoms with Crippen molar-refractivity contribution in [1.82, 2.24) is 10.2 Å². The maximum Gasteiger partial charge on any atom is 0.244 e. The van der Waals surface area contributed by atoms with Gasteiger partial charge < -0.3 is 16.0 Å². The fraction of sp³-hybridized carbons (Fsp3) is 0.611. The molecule has 4 heteroatoms. The lowest BCUT2D eigenvalue weighted by Gasteiger charge is -2.35. The minimum absolute atomic E-state index is 0.0824. The standard InChI is InChI=1S/C18H29N3O/c1-14(2)13-21-11-9-16(10-12-21)20-17(22)18(3,19)15-7-5-4-6-8-15/h4-8,14,16H,9-13,19H2,1-3H3,(H,20,22). The Hall–Kier alpha value is -1.39. The summed E-state index contributed by atoms with van der Waals surface area (Å²) in [6.07, 6.45) is 2.01. The van der Waals surface area contributed by atoms with E-state index in [4.69, 9.17) is 5.73 Å². The fourth-order valence-electron chi connectivity index (χ4n) is 3.03. The van der Waals surface area contributed by atoms with Crippen LogP contribution in [0.3, 0.4) is 0 Å². The summed E-state index contributed by atoms with van der Waals surface area (Å²) >= 11 is 0. The number of carbonyl (C=O) groups excluding carboxylic acids is 1. The van der Waals surface area contributed by atoms with Crippen molar-refractivity contribution in [3.05, 3.63) is 35.9 Å². The molecule has 122 valence electrons. The first-order valence-corrected chi connectivity index (χ1v) is 8.27. The molecule has 0 saturated carbocycles. The molecule has 1 amide bonds. The molecule has 0 aromatic heterocycles. The van der Waals surface area contributed by atoms with Gasteiger partial charge in [-0.15, -0.1) is 0 Å². The van der Waals surface area contributed by atoms with Gasteiger partial charge in [-0.25, -0.2) is 0 Å². The van der Waals surface area contributed by atoms with Gasteiger partial charge in [0.05, 0.1) is 0 Å². The summed E-state index contributed by atoms with van der Waals surface area (Å²) < 4.78 is 0. The highest BCUT2D eigenvalue weighted by molar-refractivity contribution is 5.87. The van der Waals surface area contributed by atoms with E-state index >= 15 is 0 Å². The molecule has 2 rings (SSSR count). The summed E-state index contributed by atoms with van der Waals surface area (Å²) in [5.41, 5.74) is 6.15. The molecule has 3 N–H and O–H groups in total. The smallest absolute Gasteiger partial charge is 0.244 e. The summed E-state index contributed by atoms with van der Waals surface area (Å²) in [4.78, 5) is 15.0. The Bertz CT molecular complexity index is 476. The van der Waals surface area contributed by atoms with Crippen molar-refractivity contribution in [1.29, 1.82) is 0 Å². The van der Waals surface area contributed by atoms with Gasteiger partial charge in [-0.3, -0.25) is 4.79 Å². The SMILES string of the molecule is CC(C)CN1CCC(NC(=O)C(C)(N)c2ccccc2)CC1. The van der Waals surface area contributed by atoms with Crippen molar-refractivity contribution in [2.45, 2.75) is 45.2 Å². The van der Waals surface area contributed by atoms with Crippen molar-refractivity contribution >= 4 is 5.91 Å². The molecule has 1 unspecified atom stereocenters. The first-order valence-electron chi connectivity index (χ1n) is 8.27. The van der Waals surface area contributed by atoms with Crippen LogP contribution in [0.15, 0.2) is 30.3 Å². The van der Waals surface area contributed by atoms with Gasteiger partial charge in [0.15, 0.2) is 0 Å². The van der Waals surface area contributed by atoms with Crippen molar-refractivity contribution in [2.75, 3.05) is 19.6 Å². The summed E-state index contributed by atoms with van der Waals surface area (Å²) in [5.74, 6) is 0.609. The van der Waals surface area contributed by atoms with E-state index in [1.54, 1.807) is 6.92 Å². The number of nitrogens with two attached hydrogens (primary N) is 1. The van der Waals surface area contributed by atoms with Crippen LogP contribution in [0.1, 0.15) is 39.2 Å². The number of nitrogens with one attached hydrogen (secondary N) is 1. The van der Waals surface area contributed by atoms with Crippen LogP contribution in [0.5, 0.6) is 0 Å². The molecule has 1 aliphatic rings. The molecule has 0 aliphatic carbocycles. The van der Waals surface area contributed by atoms with Crippen LogP contribution in [0.2, 0.25) is 0 Å². The van der Waals surface area contributed by atoms with E-state index < -0.39 is 5.54 Å². The Labute approximate surface area is 134 Å². The van der Waals surface area contributed by atoms with Crippen LogP contribution in [0.25, 0.3) is 0 Å². The van der Waals surface area contributed by atoms with E-state index in [1.165, 1.54) is 0 Å². The molecule has 1 saturated heterocycles. The van der Waals surface area contributed by atoms with Gasteiger partial charge in [-0.05, 0) is 31.2 Å². The molecule has 1 heterocycles. The maximum atomic E-state index is 12.5. The molecule has 0 spiro atoms. The van der Waals surface area contributed by atoms with Crippen LogP contribution < -0.4 is 11.1 Å². The third-order valence-electron chi connectivity index (χ3n) is 4.39. The summed E-state index contributed by atoms with van der Waals surface area (Å²) in [7, 11) is 0. The van der Waals surface area contributed by atoms with E-state index in [0.717, 1.165) is 38.0 Å². The van der Waals surface area contributed by atoms with E-state index in [0.29, 0.717) is 5.92 Å². The minimum atomic E-state index is -0.976. The normalized spacial score (nSPS) is 19.9. The highest BCUT2D eigenvalue weighted by atomic mass is 16.2. The number of carbonyl (C=O) groups is 1. The van der Waals surface area contributed by atoms with Gasteiger partial charge in [0.2, 0.25) is 5.91 Å². The van der Waals surface area contributed by atoms with Crippen LogP contribution in [-0.2, 0) is 10.3 Å². The second-order valence-corrected chi connectivity index (χ2v) is 7.01. The molecule has 0 bridgehead atoms. The topological polar surface area (TPSA) is 58.4 Å². The minimum Gasteiger partial charge on any atom is -0.351 e. The molecular weight excluding hydrogens is 274 g/mol. The Morgan fingerprint density at radius 3 is 2.45 bits per heavy atom. The second kappa shape index (κ2) is 7.25. The first kappa shape index (κ1) is 17.0. The number of hydrogen-bond donors (Lipinski definition) is 2. The third-order valence-corrected chi connectivity index (χ3v) is 4.39. The van der Waals surface area contributed by atoms with Gasteiger partial charge in [-0.1, -0.05) is 44.2 Å². The first-order chi connectivity index (χ1) is 10.4. The largest absolute Gasteiger partial charge is 0.351 e. The Morgan fingerprint density at radius 1 is 1.32 bits per heavy atom. The van der Waals surface area contributed by atoms with Crippen LogP contribution in [-0.4, -0.2) is 36.5 Å². The second-order valence-electron chi connectivity index (χ2n) is 7.01. The molecule has 1 aromatic rings. The van der Waals surface area contributed by atoms with Gasteiger partial charge >= 0.3 is 0 Å². The molecule has 1 aromatic carbocycles. The lowest BCUT2D eigenvalue weighted by Crippen LogP contribution is -2.54. The lowest BCUT2D eigenvalue weighted by atomic mass is 9.91. The number of rotatable bonds is 5. The average molecular weight is 303 g/mol. The zero-order chi connectivity index (χ0) is 16.2. The van der Waals surface area contributed by atoms with E-state index in [1.807, 2.05) is 30.3 Å². The van der Waals surface area contributed by atoms with Gasteiger partial charge in [0.1, 0.15) is 5.54 Å². The molecule has 0 radical (unpaired) electrons. The molecule has 4 nitrogen and oxygen atoms in total. The fourth-order valence-corrected chi connectivity index (χ4v) is 3.03. The molecular formula is C18H29N3O. The van der Waals surface area contributed by atoms with Crippen LogP contribution >= 0.6 is 0 Å². The highest BCUT2D eigenvalue weighted by Gasteiger charge is 2.32. The Balaban J connectivity index is 1.88. The summed E-state index contributed by atoms with van der Waals surface area (Å²) in [6.45, 7) is 9.51. The van der Waals surface area contributed by atoms with Gasteiger partial charge in [0.25, 0.3) is 0 Å². The Morgan fingerprint density at radius 2 is 1.91 bits per heavy atom. The van der Waals surface area contributed by atoms with Crippen molar-refractivity contribution < 1.29 is 4.79 Å². The molecule has 1 atom stereocenters. The van der Waals surface area contributed by atoms with Crippen LogP contribution in [0, 0.1) is 5.92 Å². The average Bonchev–Trinajstić information content (AvgIpc) is 2.49. The highest BCUT2D eigenvalue weighted by Crippen LogP contribution is 2.19. The van der Waals surface area contributed by atoms with Crippen molar-refractivity contribution in [3.63, 3.8) is 0 Å². The monoisotopic (exact) mass is 303 g/mol. The maximum absolute atomic E-state index is 12.5. The van der Waals surface area contributed by atoms with E-state index in [-0.39, 0.29) is 11.9 Å². The molecule has 1 fully saturated rings. The molecule has 22 heavy (non-hydrogen) atoms. The number of hydrogen-bond acceptors (Lipinski definition) is 3. The molecule has 1 aliphatic heterocycles. The number of nitrogens with zero attached hydrogens (tertiary/aromatic N) is 1. The number of likely N-dealkylation sites (tertiary alicyclic amines) is 1. The van der Waals surface area contributed by atoms with Crippen molar-refractivity contribution in [3.8, 4) is 0 Å². The van der Waals surface area contributed by atoms with Crippen LogP contribution in [0.4, 0.5) is 0 Å². The number of piperidine rings is 1. The summed E-state index contributed by atoms with van der Waals surface area (Å²) in [5, 5.41) is 3.14. The lowest BCUT2D eigenvalue weighted by molar-refractivity contribution is -0.127.